The SMILES string of the molecule is Cc1nc(C)c2cc1C(=O)N/N=C/c1ccccc1OCc1cccc(n1)COc1ccccc1/C=N/NC2=O. The van der Waals surface area contributed by atoms with Gasteiger partial charge in [0.15, 0.2) is 0 Å². The molecule has 4 bridgehead atoms. The molecular formula is C30H26N6O4. The minimum absolute atomic E-state index is 0.216. The lowest BCUT2D eigenvalue weighted by Gasteiger charge is -2.12. The van der Waals surface area contributed by atoms with Crippen LogP contribution >= 0.6 is 0 Å². The first-order valence-corrected chi connectivity index (χ1v) is 12.5. The maximum absolute atomic E-state index is 12.9. The monoisotopic (exact) mass is 534 g/mol. The van der Waals surface area contributed by atoms with E-state index < -0.39 is 11.8 Å². The zero-order chi connectivity index (χ0) is 27.9. The van der Waals surface area contributed by atoms with Gasteiger partial charge in [0.25, 0.3) is 11.8 Å². The molecule has 0 spiro atoms. The van der Waals surface area contributed by atoms with E-state index in [2.05, 4.69) is 31.0 Å². The number of aromatic nitrogens is 2. The third-order valence-corrected chi connectivity index (χ3v) is 6.09. The van der Waals surface area contributed by atoms with E-state index >= 15 is 0 Å². The average Bonchev–Trinajstić information content (AvgIpc) is 2.96. The van der Waals surface area contributed by atoms with Crippen LogP contribution in [0.3, 0.4) is 0 Å². The second-order valence-corrected chi connectivity index (χ2v) is 8.93. The Morgan fingerprint density at radius 2 is 1.10 bits per heavy atom. The maximum Gasteiger partial charge on any atom is 0.273 e. The first-order valence-electron chi connectivity index (χ1n) is 12.5. The van der Waals surface area contributed by atoms with Gasteiger partial charge in [0.05, 0.1) is 46.3 Å². The number of aryl methyl sites for hydroxylation is 2. The van der Waals surface area contributed by atoms with Crippen molar-refractivity contribution in [3.05, 3.63) is 118 Å². The number of para-hydroxylation sites is 2. The molecule has 4 aromatic rings. The largest absolute Gasteiger partial charge is 0.487 e. The third kappa shape index (κ3) is 6.18. The van der Waals surface area contributed by atoms with E-state index in [9.17, 15) is 9.59 Å². The van der Waals surface area contributed by atoms with Crippen molar-refractivity contribution in [2.24, 2.45) is 10.2 Å². The molecule has 0 aliphatic carbocycles. The zero-order valence-electron chi connectivity index (χ0n) is 21.9. The number of ether oxygens (including phenoxy) is 2. The Morgan fingerprint density at radius 3 is 1.60 bits per heavy atom. The maximum atomic E-state index is 12.9. The summed E-state index contributed by atoms with van der Waals surface area (Å²) in [5, 5.41) is 8.20. The molecule has 0 atom stereocenters. The molecule has 0 saturated carbocycles. The molecule has 1 aliphatic rings. The summed E-state index contributed by atoms with van der Waals surface area (Å²) in [6.07, 6.45) is 2.99. The molecule has 2 N–H and O–H groups in total. The highest BCUT2D eigenvalue weighted by molar-refractivity contribution is 6.01. The van der Waals surface area contributed by atoms with Gasteiger partial charge in [0.1, 0.15) is 24.7 Å². The summed E-state index contributed by atoms with van der Waals surface area (Å²) in [6.45, 7) is 3.84. The van der Waals surface area contributed by atoms with Gasteiger partial charge in [0.2, 0.25) is 0 Å². The lowest BCUT2D eigenvalue weighted by atomic mass is 10.1. The molecule has 40 heavy (non-hydrogen) atoms. The van der Waals surface area contributed by atoms with E-state index in [4.69, 9.17) is 9.47 Å². The number of carbonyl (C=O) groups is 2. The molecule has 0 radical (unpaired) electrons. The molecule has 1 aliphatic heterocycles. The van der Waals surface area contributed by atoms with Gasteiger partial charge >= 0.3 is 0 Å². The van der Waals surface area contributed by atoms with E-state index in [1.165, 1.54) is 18.5 Å². The topological polar surface area (TPSA) is 127 Å². The normalized spacial score (nSPS) is 15.3. The first kappa shape index (κ1) is 26.2. The van der Waals surface area contributed by atoms with E-state index in [0.29, 0.717) is 34.0 Å². The number of hydrogen-bond acceptors (Lipinski definition) is 8. The van der Waals surface area contributed by atoms with Crippen molar-refractivity contribution in [1.82, 2.24) is 20.8 Å². The predicted octanol–water partition coefficient (Wildman–Crippen LogP) is 4.09. The Hall–Kier alpha value is -5.38. The molecule has 2 aromatic carbocycles. The Bertz CT molecular complexity index is 1520. The molecule has 0 unspecified atom stereocenters. The fraction of sp³-hybridized carbons (Fsp3) is 0.133. The van der Waals surface area contributed by atoms with Crippen LogP contribution in [0.5, 0.6) is 11.5 Å². The van der Waals surface area contributed by atoms with Crippen LogP contribution < -0.4 is 20.3 Å². The molecule has 5 rings (SSSR count). The summed E-state index contributed by atoms with van der Waals surface area (Å²) in [4.78, 5) is 34.9. The lowest BCUT2D eigenvalue weighted by molar-refractivity contribution is 0.0954. The number of rotatable bonds is 0. The van der Waals surface area contributed by atoms with Gasteiger partial charge in [-0.2, -0.15) is 10.2 Å². The van der Waals surface area contributed by atoms with Crippen LogP contribution in [-0.2, 0) is 13.2 Å². The van der Waals surface area contributed by atoms with Crippen molar-refractivity contribution in [3.8, 4) is 11.5 Å². The molecule has 0 fully saturated rings. The van der Waals surface area contributed by atoms with Crippen LogP contribution in [0.2, 0.25) is 0 Å². The third-order valence-electron chi connectivity index (χ3n) is 6.09. The van der Waals surface area contributed by atoms with Crippen LogP contribution in [0.25, 0.3) is 0 Å². The van der Waals surface area contributed by atoms with Gasteiger partial charge in [-0.1, -0.05) is 30.3 Å². The van der Waals surface area contributed by atoms with Gasteiger partial charge in [-0.3, -0.25) is 19.6 Å². The van der Waals surface area contributed by atoms with Crippen LogP contribution in [0.15, 0.2) is 83.0 Å². The minimum atomic E-state index is -0.508. The molecule has 3 heterocycles. The quantitative estimate of drug-likeness (QED) is 0.350. The number of amides is 2. The molecule has 10 heteroatoms. The fourth-order valence-corrected chi connectivity index (χ4v) is 4.06. The highest BCUT2D eigenvalue weighted by Gasteiger charge is 2.17. The molecule has 10 nitrogen and oxygen atoms in total. The molecule has 2 aromatic heterocycles. The second-order valence-electron chi connectivity index (χ2n) is 8.93. The summed E-state index contributed by atoms with van der Waals surface area (Å²) in [6, 6.07) is 21.8. The summed E-state index contributed by atoms with van der Waals surface area (Å²) in [5.74, 6) is 0.135. The zero-order valence-corrected chi connectivity index (χ0v) is 21.9. The van der Waals surface area contributed by atoms with Crippen molar-refractivity contribution in [2.45, 2.75) is 27.1 Å². The van der Waals surface area contributed by atoms with Crippen molar-refractivity contribution >= 4 is 24.2 Å². The van der Waals surface area contributed by atoms with Gasteiger partial charge in [0, 0.05) is 11.1 Å². The summed E-state index contributed by atoms with van der Waals surface area (Å²) in [5.41, 5.74) is 9.14. The summed E-state index contributed by atoms with van der Waals surface area (Å²) >= 11 is 0. The second kappa shape index (κ2) is 12.0. The van der Waals surface area contributed by atoms with E-state index in [1.54, 1.807) is 13.8 Å². The number of hydrogen-bond donors (Lipinski definition) is 2. The van der Waals surface area contributed by atoms with Gasteiger partial charge in [-0.25, -0.2) is 10.9 Å². The average molecular weight is 535 g/mol. The van der Waals surface area contributed by atoms with E-state index in [1.807, 2.05) is 66.7 Å². The molecule has 200 valence electrons. The highest BCUT2D eigenvalue weighted by atomic mass is 16.5. The summed E-state index contributed by atoms with van der Waals surface area (Å²) in [7, 11) is 0. The Balaban J connectivity index is 1.50. The lowest BCUT2D eigenvalue weighted by Crippen LogP contribution is -2.23. The van der Waals surface area contributed by atoms with Gasteiger partial charge in [-0.05, 0) is 56.3 Å². The standard InChI is InChI=1S/C30H26N6O4/c1-19-25-14-26(20(2)33-19)30(38)36-32-16-22-9-4-6-13-28(22)40-18-24-11-7-10-23(34-24)17-39-27-12-5-3-8-21(27)15-31-35-29(25)37/h3-16H,17-18H2,1-2H3,(H,35,37)(H,36,38)/b31-15+,32-16+. The first-order chi connectivity index (χ1) is 19.5. The highest BCUT2D eigenvalue weighted by Crippen LogP contribution is 2.20. The van der Waals surface area contributed by atoms with Gasteiger partial charge in [-0.15, -0.1) is 0 Å². The van der Waals surface area contributed by atoms with Crippen LogP contribution in [0.1, 0.15) is 54.6 Å². The minimum Gasteiger partial charge on any atom is -0.487 e. The smallest absolute Gasteiger partial charge is 0.273 e. The van der Waals surface area contributed by atoms with Gasteiger partial charge < -0.3 is 9.47 Å². The number of benzene rings is 2. The number of nitrogens with one attached hydrogen (secondary N) is 2. The Labute approximate surface area is 230 Å². The van der Waals surface area contributed by atoms with Crippen LogP contribution in [-0.4, -0.2) is 34.2 Å². The molecular weight excluding hydrogens is 508 g/mol. The Morgan fingerprint density at radius 1 is 0.625 bits per heavy atom. The van der Waals surface area contributed by atoms with Crippen molar-refractivity contribution in [3.63, 3.8) is 0 Å². The molecule has 0 saturated heterocycles. The fourth-order valence-electron chi connectivity index (χ4n) is 4.06. The van der Waals surface area contributed by atoms with Crippen LogP contribution in [0.4, 0.5) is 0 Å². The number of carbonyl (C=O) groups excluding carboxylic acids is 2. The van der Waals surface area contributed by atoms with E-state index in [-0.39, 0.29) is 24.3 Å². The number of fused-ring (bicyclic) bond motifs is 6. The number of nitrogens with zero attached hydrogens (tertiary/aromatic N) is 4. The Kier molecular flexibility index (Phi) is 7.87. The van der Waals surface area contributed by atoms with Crippen molar-refractivity contribution in [1.29, 1.82) is 0 Å². The number of pyridine rings is 2. The summed E-state index contributed by atoms with van der Waals surface area (Å²) < 4.78 is 12.0. The predicted molar refractivity (Wildman–Crippen MR) is 150 cm³/mol. The van der Waals surface area contributed by atoms with Crippen molar-refractivity contribution in [2.75, 3.05) is 0 Å². The van der Waals surface area contributed by atoms with Crippen molar-refractivity contribution < 1.29 is 19.1 Å². The van der Waals surface area contributed by atoms with Crippen LogP contribution in [0, 0.1) is 13.8 Å². The number of hydrazone groups is 2. The van der Waals surface area contributed by atoms with E-state index in [0.717, 1.165) is 11.4 Å². The molecule has 2 amide bonds.